The maximum atomic E-state index is 13.8. The van der Waals surface area contributed by atoms with E-state index in [0.717, 1.165) is 16.4 Å². The van der Waals surface area contributed by atoms with Crippen molar-refractivity contribution in [2.24, 2.45) is 5.16 Å². The highest BCUT2D eigenvalue weighted by molar-refractivity contribution is 7.53. The highest BCUT2D eigenvalue weighted by atomic mass is 32.1. The summed E-state index contributed by atoms with van der Waals surface area (Å²) >= 11 is 1.36. The second-order valence-corrected chi connectivity index (χ2v) is 14.0. The van der Waals surface area contributed by atoms with E-state index in [1.54, 1.807) is 72.8 Å². The first-order valence-electron chi connectivity index (χ1n) is 15.3. The van der Waals surface area contributed by atoms with Crippen molar-refractivity contribution in [2.45, 2.75) is 26.3 Å². The van der Waals surface area contributed by atoms with Crippen molar-refractivity contribution in [3.8, 4) is 0 Å². The summed E-state index contributed by atoms with van der Waals surface area (Å²) < 4.78 is 27.3. The molecule has 0 amide bonds. The van der Waals surface area contributed by atoms with E-state index in [-0.39, 0.29) is 37.4 Å². The molecule has 0 atom stereocenters. The predicted molar refractivity (Wildman–Crippen MR) is 190 cm³/mol. The standard InChI is InChI=1S/C37H35N2O7PS/c1-4-6-20-44-47(43,45-21-7-5-2)22-19-39-32-17-15-28(35(40)26(3)38-46-37(42)27-12-9-8-10-13-27)24-30(32)31-25-29(16-18-33(31)39)36(41)34-14-11-23-48-34/h4-5,8-18,23-25H,1-2,6-7,19-22H2,3H3/b38-26+. The molecule has 0 aliphatic heterocycles. The SMILES string of the molecule is C=CCCOP(=O)(CCn1c2ccc(C(=O)/C(C)=N/OC(=O)c3ccccc3)cc2c2cc(C(=O)c3cccs3)ccc21)OCCC=C. The zero-order chi connectivity index (χ0) is 34.1. The molecular weight excluding hydrogens is 647 g/mol. The summed E-state index contributed by atoms with van der Waals surface area (Å²) in [6, 6.07) is 22.6. The number of rotatable bonds is 17. The molecule has 0 N–H and O–H groups in total. The van der Waals surface area contributed by atoms with Gasteiger partial charge in [-0.25, -0.2) is 4.79 Å². The highest BCUT2D eigenvalue weighted by Crippen LogP contribution is 2.49. The molecule has 0 spiro atoms. The topological polar surface area (TPSA) is 113 Å². The normalized spacial score (nSPS) is 11.9. The molecule has 0 unspecified atom stereocenters. The Balaban J connectivity index is 1.51. The van der Waals surface area contributed by atoms with Crippen LogP contribution in [0.1, 0.15) is 55.7 Å². The molecule has 2 aromatic heterocycles. The lowest BCUT2D eigenvalue weighted by atomic mass is 10.0. The van der Waals surface area contributed by atoms with Crippen LogP contribution in [0.5, 0.6) is 0 Å². The van der Waals surface area contributed by atoms with Crippen molar-refractivity contribution >= 4 is 64.0 Å². The van der Waals surface area contributed by atoms with Crippen molar-refractivity contribution in [3.05, 3.63) is 131 Å². The van der Waals surface area contributed by atoms with Gasteiger partial charge in [0.2, 0.25) is 11.6 Å². The van der Waals surface area contributed by atoms with E-state index < -0.39 is 19.3 Å². The zero-order valence-electron chi connectivity index (χ0n) is 26.5. The number of hydrogen-bond acceptors (Lipinski definition) is 9. The number of nitrogens with zero attached hydrogens (tertiary/aromatic N) is 2. The van der Waals surface area contributed by atoms with Gasteiger partial charge in [0.15, 0.2) is 0 Å². The molecule has 0 saturated carbocycles. The van der Waals surface area contributed by atoms with Gasteiger partial charge in [-0.1, -0.05) is 41.6 Å². The van der Waals surface area contributed by atoms with Gasteiger partial charge in [-0.05, 0) is 79.7 Å². The third-order valence-corrected chi connectivity index (χ3v) is 10.3. The van der Waals surface area contributed by atoms with Gasteiger partial charge in [-0.3, -0.25) is 14.2 Å². The molecule has 0 saturated heterocycles. The molecule has 246 valence electrons. The van der Waals surface area contributed by atoms with Gasteiger partial charge in [0, 0.05) is 39.5 Å². The van der Waals surface area contributed by atoms with Crippen molar-refractivity contribution in [2.75, 3.05) is 19.4 Å². The largest absolute Gasteiger partial charge is 0.365 e. The molecule has 5 aromatic rings. The van der Waals surface area contributed by atoms with Crippen LogP contribution >= 0.6 is 18.9 Å². The second kappa shape index (κ2) is 15.9. The summed E-state index contributed by atoms with van der Waals surface area (Å²) in [7, 11) is -3.49. The maximum Gasteiger partial charge on any atom is 0.365 e. The van der Waals surface area contributed by atoms with Gasteiger partial charge in [0.25, 0.3) is 0 Å². The number of fused-ring (bicyclic) bond motifs is 3. The third-order valence-electron chi connectivity index (χ3n) is 7.56. The van der Waals surface area contributed by atoms with Gasteiger partial charge in [-0.2, -0.15) is 0 Å². The quantitative estimate of drug-likeness (QED) is 0.0183. The van der Waals surface area contributed by atoms with Crippen LogP contribution in [0, 0.1) is 0 Å². The lowest BCUT2D eigenvalue weighted by Crippen LogP contribution is -2.12. The molecule has 0 aliphatic rings. The fourth-order valence-corrected chi connectivity index (χ4v) is 7.33. The molecule has 48 heavy (non-hydrogen) atoms. The first kappa shape index (κ1) is 34.6. The van der Waals surface area contributed by atoms with Crippen molar-refractivity contribution < 1.29 is 32.8 Å². The number of carbonyl (C=O) groups is 3. The Bertz CT molecular complexity index is 2030. The molecule has 9 nitrogen and oxygen atoms in total. The molecule has 3 aromatic carbocycles. The lowest BCUT2D eigenvalue weighted by molar-refractivity contribution is 0.0515. The number of aryl methyl sites for hydroxylation is 1. The van der Waals surface area contributed by atoms with Crippen LogP contribution in [0.3, 0.4) is 0 Å². The average molecular weight is 683 g/mol. The zero-order valence-corrected chi connectivity index (χ0v) is 28.2. The Morgan fingerprint density at radius 3 is 2.06 bits per heavy atom. The molecular formula is C37H35N2O7PS. The van der Waals surface area contributed by atoms with Crippen LogP contribution in [-0.2, 0) is 25.0 Å². The summed E-state index contributed by atoms with van der Waals surface area (Å²) in [5, 5.41) is 7.10. The van der Waals surface area contributed by atoms with E-state index in [9.17, 15) is 18.9 Å². The smallest absolute Gasteiger partial charge is 0.340 e. The third kappa shape index (κ3) is 8.03. The molecule has 0 bridgehead atoms. The molecule has 11 heteroatoms. The minimum atomic E-state index is -3.49. The van der Waals surface area contributed by atoms with Crippen LogP contribution in [0.15, 0.2) is 115 Å². The number of oxime groups is 1. The number of carbonyl (C=O) groups excluding carboxylic acids is 3. The lowest BCUT2D eigenvalue weighted by Gasteiger charge is -2.19. The van der Waals surface area contributed by atoms with E-state index in [4.69, 9.17) is 13.9 Å². The minimum Gasteiger partial charge on any atom is -0.340 e. The first-order chi connectivity index (χ1) is 23.2. The van der Waals surface area contributed by atoms with Crippen molar-refractivity contribution in [3.63, 3.8) is 0 Å². The second-order valence-electron chi connectivity index (χ2n) is 10.8. The fraction of sp³-hybridized carbons (Fsp3) is 0.189. The Kier molecular flexibility index (Phi) is 11.5. The minimum absolute atomic E-state index is 0.00906. The number of Topliss-reactive ketones (excluding diaryl/α,β-unsaturated/α-hetero) is 1. The van der Waals surface area contributed by atoms with E-state index in [1.165, 1.54) is 18.3 Å². The number of ketones is 2. The van der Waals surface area contributed by atoms with Gasteiger partial charge < -0.3 is 18.5 Å². The number of thiophene rings is 1. The highest BCUT2D eigenvalue weighted by Gasteiger charge is 2.26. The molecule has 0 radical (unpaired) electrons. The molecule has 2 heterocycles. The van der Waals surface area contributed by atoms with Crippen LogP contribution in [0.25, 0.3) is 21.8 Å². The van der Waals surface area contributed by atoms with E-state index in [0.29, 0.717) is 39.8 Å². The van der Waals surface area contributed by atoms with E-state index in [2.05, 4.69) is 18.3 Å². The number of aromatic nitrogens is 1. The Labute approximate surface area is 282 Å². The molecule has 0 fully saturated rings. The summed E-state index contributed by atoms with van der Waals surface area (Å²) in [5.41, 5.74) is 2.66. The average Bonchev–Trinajstić information content (AvgIpc) is 3.76. The Morgan fingerprint density at radius 2 is 1.46 bits per heavy atom. The molecule has 0 aliphatic carbocycles. The van der Waals surface area contributed by atoms with Crippen LogP contribution < -0.4 is 0 Å². The predicted octanol–water partition coefficient (Wildman–Crippen LogP) is 8.88. The maximum absolute atomic E-state index is 13.8. The van der Waals surface area contributed by atoms with Crippen LogP contribution in [-0.4, -0.2) is 47.2 Å². The van der Waals surface area contributed by atoms with Crippen LogP contribution in [0.2, 0.25) is 0 Å². The molecule has 5 rings (SSSR count). The van der Waals surface area contributed by atoms with Crippen molar-refractivity contribution in [1.29, 1.82) is 0 Å². The Morgan fingerprint density at radius 1 is 0.833 bits per heavy atom. The van der Waals surface area contributed by atoms with E-state index >= 15 is 0 Å². The van der Waals surface area contributed by atoms with Crippen molar-refractivity contribution in [1.82, 2.24) is 4.57 Å². The van der Waals surface area contributed by atoms with Gasteiger partial charge in [-0.15, -0.1) is 24.5 Å². The fourth-order valence-electron chi connectivity index (χ4n) is 5.10. The first-order valence-corrected chi connectivity index (χ1v) is 17.9. The summed E-state index contributed by atoms with van der Waals surface area (Å²) in [4.78, 5) is 44.8. The van der Waals surface area contributed by atoms with Gasteiger partial charge >= 0.3 is 13.6 Å². The monoisotopic (exact) mass is 682 g/mol. The van der Waals surface area contributed by atoms with E-state index in [1.807, 2.05) is 28.1 Å². The number of hydrogen-bond donors (Lipinski definition) is 0. The van der Waals surface area contributed by atoms with Crippen LogP contribution in [0.4, 0.5) is 0 Å². The summed E-state index contributed by atoms with van der Waals surface area (Å²) in [6.07, 6.45) is 4.52. The number of benzene rings is 3. The Hall–Kier alpha value is -4.73. The summed E-state index contributed by atoms with van der Waals surface area (Å²) in [5.74, 6) is -1.22. The summed E-state index contributed by atoms with van der Waals surface area (Å²) in [6.45, 7) is 9.58. The van der Waals surface area contributed by atoms with Gasteiger partial charge in [0.1, 0.15) is 5.71 Å². The van der Waals surface area contributed by atoms with Gasteiger partial charge in [0.05, 0.1) is 29.8 Å².